The molecule has 2 aliphatic carbocycles. The van der Waals surface area contributed by atoms with E-state index in [1.54, 1.807) is 0 Å². The first-order valence-electron chi connectivity index (χ1n) is 6.48. The number of allylic oxidation sites excluding steroid dienone is 2. The van der Waals surface area contributed by atoms with Gasteiger partial charge in [-0.2, -0.15) is 0 Å². The average Bonchev–Trinajstić information content (AvgIpc) is 3.09. The third-order valence-electron chi connectivity index (χ3n) is 4.83. The Labute approximate surface area is 110 Å². The summed E-state index contributed by atoms with van der Waals surface area (Å²) in [7, 11) is 0. The predicted octanol–water partition coefficient (Wildman–Crippen LogP) is -1.49. The van der Waals surface area contributed by atoms with E-state index in [9.17, 15) is 24.9 Å². The van der Waals surface area contributed by atoms with Crippen LogP contribution in [0.5, 0.6) is 0 Å². The number of rotatable bonds is 4. The lowest BCUT2D eigenvalue weighted by Crippen LogP contribution is -2.60. The van der Waals surface area contributed by atoms with Crippen molar-refractivity contribution in [2.45, 2.75) is 12.0 Å². The number of hydrogen-bond donors (Lipinski definition) is 3. The van der Waals surface area contributed by atoms with Crippen molar-refractivity contribution in [2.24, 2.45) is 23.7 Å². The van der Waals surface area contributed by atoms with Crippen LogP contribution in [0, 0.1) is 23.7 Å². The number of carbonyl (C=O) groups excluding carboxylic acids is 2. The Balaban J connectivity index is 1.98. The van der Waals surface area contributed by atoms with Crippen molar-refractivity contribution in [3.05, 3.63) is 12.2 Å². The largest absolute Gasteiger partial charge is 0.394 e. The summed E-state index contributed by atoms with van der Waals surface area (Å²) >= 11 is 0. The third kappa shape index (κ3) is 1.42. The lowest BCUT2D eigenvalue weighted by atomic mass is 9.85. The van der Waals surface area contributed by atoms with Gasteiger partial charge in [0.25, 0.3) is 0 Å². The molecule has 1 saturated heterocycles. The molecule has 0 aromatic heterocycles. The van der Waals surface area contributed by atoms with Crippen LogP contribution in [0.3, 0.4) is 0 Å². The van der Waals surface area contributed by atoms with Crippen molar-refractivity contribution in [3.8, 4) is 0 Å². The predicted molar refractivity (Wildman–Crippen MR) is 63.6 cm³/mol. The molecule has 104 valence electrons. The number of amides is 2. The van der Waals surface area contributed by atoms with Crippen LogP contribution in [0.2, 0.25) is 0 Å². The van der Waals surface area contributed by atoms with Gasteiger partial charge >= 0.3 is 0 Å². The van der Waals surface area contributed by atoms with Gasteiger partial charge in [0.15, 0.2) is 0 Å². The normalized spacial score (nSPS) is 36.5. The van der Waals surface area contributed by atoms with Crippen LogP contribution in [0.25, 0.3) is 0 Å². The Morgan fingerprint density at radius 1 is 1.00 bits per heavy atom. The number of carbonyl (C=O) groups is 2. The highest BCUT2D eigenvalue weighted by atomic mass is 16.3. The monoisotopic (exact) mass is 267 g/mol. The number of fused-ring (bicyclic) bond motifs is 5. The quantitative estimate of drug-likeness (QED) is 0.426. The smallest absolute Gasteiger partial charge is 0.234 e. The van der Waals surface area contributed by atoms with Crippen molar-refractivity contribution in [2.75, 3.05) is 19.8 Å². The maximum atomic E-state index is 12.4. The van der Waals surface area contributed by atoms with Crippen molar-refractivity contribution < 1.29 is 24.9 Å². The lowest BCUT2D eigenvalue weighted by Gasteiger charge is -2.36. The summed E-state index contributed by atoms with van der Waals surface area (Å²) in [4.78, 5) is 25.8. The van der Waals surface area contributed by atoms with Crippen LogP contribution in [0.1, 0.15) is 6.42 Å². The molecule has 3 aliphatic rings. The molecule has 0 aromatic rings. The molecule has 0 radical (unpaired) electrons. The number of imide groups is 1. The summed E-state index contributed by atoms with van der Waals surface area (Å²) in [5.41, 5.74) is -1.59. The molecule has 4 atom stereocenters. The Kier molecular flexibility index (Phi) is 2.78. The molecule has 2 fully saturated rings. The van der Waals surface area contributed by atoms with Gasteiger partial charge in [-0.3, -0.25) is 14.5 Å². The Bertz CT molecular complexity index is 418. The fraction of sp³-hybridized carbons (Fsp3) is 0.692. The van der Waals surface area contributed by atoms with Gasteiger partial charge in [-0.05, 0) is 18.3 Å². The number of nitrogens with zero attached hydrogens (tertiary/aromatic N) is 1. The summed E-state index contributed by atoms with van der Waals surface area (Å²) in [5, 5.41) is 28.2. The Morgan fingerprint density at radius 2 is 1.42 bits per heavy atom. The van der Waals surface area contributed by atoms with Crippen LogP contribution in [0.15, 0.2) is 12.2 Å². The molecule has 1 heterocycles. The van der Waals surface area contributed by atoms with E-state index in [-0.39, 0.29) is 35.5 Å². The zero-order chi connectivity index (χ0) is 13.8. The second kappa shape index (κ2) is 4.13. The Hall–Kier alpha value is -1.24. The van der Waals surface area contributed by atoms with Crippen LogP contribution in [0.4, 0.5) is 0 Å². The van der Waals surface area contributed by atoms with Gasteiger partial charge in [-0.25, -0.2) is 0 Å². The molecule has 0 spiro atoms. The summed E-state index contributed by atoms with van der Waals surface area (Å²) in [6.07, 6.45) is 4.77. The van der Waals surface area contributed by atoms with Gasteiger partial charge in [0.05, 0.1) is 31.7 Å². The molecule has 6 nitrogen and oxygen atoms in total. The number of aliphatic hydroxyl groups is 3. The average molecular weight is 267 g/mol. The molecular formula is C13H17NO5. The molecule has 2 bridgehead atoms. The molecule has 1 aliphatic heterocycles. The van der Waals surface area contributed by atoms with Crippen LogP contribution < -0.4 is 0 Å². The minimum absolute atomic E-state index is 0.0743. The van der Waals surface area contributed by atoms with E-state index in [1.807, 2.05) is 12.2 Å². The van der Waals surface area contributed by atoms with Crippen molar-refractivity contribution in [1.82, 2.24) is 4.90 Å². The van der Waals surface area contributed by atoms with Crippen molar-refractivity contribution in [1.29, 1.82) is 0 Å². The molecule has 6 heteroatoms. The highest BCUT2D eigenvalue weighted by molar-refractivity contribution is 6.07. The second-order valence-electron chi connectivity index (χ2n) is 5.71. The standard InChI is InChI=1S/C13H17NO5/c15-4-13(5-16,6-17)14-11(18)9-7-1-2-8(3-7)10(9)12(14)19/h1-2,7-10,15-17H,3-6H2. The van der Waals surface area contributed by atoms with E-state index < -0.39 is 25.4 Å². The first-order valence-corrected chi connectivity index (χ1v) is 6.48. The van der Waals surface area contributed by atoms with E-state index >= 15 is 0 Å². The van der Waals surface area contributed by atoms with Crippen LogP contribution in [-0.2, 0) is 9.59 Å². The molecule has 3 rings (SSSR count). The molecule has 1 saturated carbocycles. The van der Waals surface area contributed by atoms with Gasteiger partial charge in [0.1, 0.15) is 5.54 Å². The van der Waals surface area contributed by atoms with E-state index in [0.29, 0.717) is 0 Å². The maximum Gasteiger partial charge on any atom is 0.234 e. The summed E-state index contributed by atoms with van der Waals surface area (Å²) in [6, 6.07) is 0. The number of hydrogen-bond acceptors (Lipinski definition) is 5. The van der Waals surface area contributed by atoms with Gasteiger partial charge in [-0.15, -0.1) is 0 Å². The van der Waals surface area contributed by atoms with Crippen molar-refractivity contribution in [3.63, 3.8) is 0 Å². The highest BCUT2D eigenvalue weighted by Gasteiger charge is 2.62. The van der Waals surface area contributed by atoms with E-state index in [1.165, 1.54) is 0 Å². The summed E-state index contributed by atoms with van der Waals surface area (Å²) in [5.74, 6) is -1.36. The fourth-order valence-electron chi connectivity index (χ4n) is 3.73. The molecule has 0 aromatic carbocycles. The fourth-order valence-corrected chi connectivity index (χ4v) is 3.73. The number of likely N-dealkylation sites (tertiary alicyclic amines) is 1. The molecule has 19 heavy (non-hydrogen) atoms. The van der Waals surface area contributed by atoms with Gasteiger partial charge in [0, 0.05) is 0 Å². The molecular weight excluding hydrogens is 250 g/mol. The van der Waals surface area contributed by atoms with E-state index in [2.05, 4.69) is 0 Å². The van der Waals surface area contributed by atoms with E-state index in [0.717, 1.165) is 11.3 Å². The zero-order valence-corrected chi connectivity index (χ0v) is 10.4. The summed E-state index contributed by atoms with van der Waals surface area (Å²) in [6.45, 7) is -1.92. The first-order chi connectivity index (χ1) is 9.09. The highest BCUT2D eigenvalue weighted by Crippen LogP contribution is 2.53. The topological polar surface area (TPSA) is 98.1 Å². The van der Waals surface area contributed by atoms with E-state index in [4.69, 9.17) is 0 Å². The first kappa shape index (κ1) is 12.8. The van der Waals surface area contributed by atoms with Gasteiger partial charge in [0.2, 0.25) is 11.8 Å². The zero-order valence-electron chi connectivity index (χ0n) is 10.4. The number of aliphatic hydroxyl groups excluding tert-OH is 3. The van der Waals surface area contributed by atoms with Gasteiger partial charge in [-0.1, -0.05) is 12.2 Å². The molecule has 2 amide bonds. The third-order valence-corrected chi connectivity index (χ3v) is 4.83. The second-order valence-corrected chi connectivity index (χ2v) is 5.71. The van der Waals surface area contributed by atoms with Crippen LogP contribution in [-0.4, -0.2) is 57.4 Å². The SMILES string of the molecule is O=C1C2C3C=CC(C3)C2C(=O)N1C(CO)(CO)CO. The van der Waals surface area contributed by atoms with Crippen molar-refractivity contribution >= 4 is 11.8 Å². The summed E-state index contributed by atoms with van der Waals surface area (Å²) < 4.78 is 0. The molecule has 4 unspecified atom stereocenters. The minimum atomic E-state index is -1.59. The van der Waals surface area contributed by atoms with Gasteiger partial charge < -0.3 is 15.3 Å². The Morgan fingerprint density at radius 3 is 1.79 bits per heavy atom. The maximum absolute atomic E-state index is 12.4. The lowest BCUT2D eigenvalue weighted by molar-refractivity contribution is -0.155. The van der Waals surface area contributed by atoms with Crippen LogP contribution >= 0.6 is 0 Å². The molecule has 3 N–H and O–H groups in total. The minimum Gasteiger partial charge on any atom is -0.394 e.